The zero-order chi connectivity index (χ0) is 18.4. The summed E-state index contributed by atoms with van der Waals surface area (Å²) in [5.74, 6) is 0.742. The van der Waals surface area contributed by atoms with Gasteiger partial charge in [-0.25, -0.2) is 14.8 Å². The third-order valence-corrected chi connectivity index (χ3v) is 4.65. The van der Waals surface area contributed by atoms with Crippen molar-refractivity contribution in [2.45, 2.75) is 13.8 Å². The molecule has 0 aliphatic rings. The van der Waals surface area contributed by atoms with Gasteiger partial charge in [-0.15, -0.1) is 0 Å². The Labute approximate surface area is 158 Å². The molecule has 0 saturated carbocycles. The lowest BCUT2D eigenvalue weighted by Gasteiger charge is -2.11. The molecule has 130 valence electrons. The normalized spacial score (nSPS) is 11.2. The SMILES string of the molecule is Cc1cc(Cl)cc2c(=O)oc(-c3ccc(C)n3-c3ncccc3Cl)nc12. The third kappa shape index (κ3) is 2.69. The van der Waals surface area contributed by atoms with Crippen LogP contribution in [0.5, 0.6) is 0 Å². The fraction of sp³-hybridized carbons (Fsp3) is 0.105. The zero-order valence-corrected chi connectivity index (χ0v) is 15.5. The number of aromatic nitrogens is 3. The van der Waals surface area contributed by atoms with Gasteiger partial charge in [0, 0.05) is 16.9 Å². The Kier molecular flexibility index (Phi) is 4.05. The second-order valence-electron chi connectivity index (χ2n) is 5.93. The number of aryl methyl sites for hydroxylation is 2. The lowest BCUT2D eigenvalue weighted by molar-refractivity contribution is 0.514. The van der Waals surface area contributed by atoms with Gasteiger partial charge in [-0.2, -0.15) is 0 Å². The van der Waals surface area contributed by atoms with Crippen LogP contribution in [0.3, 0.4) is 0 Å². The highest BCUT2D eigenvalue weighted by molar-refractivity contribution is 6.32. The molecular formula is C19H13Cl2N3O2. The monoisotopic (exact) mass is 385 g/mol. The molecule has 5 nitrogen and oxygen atoms in total. The fourth-order valence-corrected chi connectivity index (χ4v) is 3.42. The number of pyridine rings is 1. The van der Waals surface area contributed by atoms with Gasteiger partial charge in [-0.05, 0) is 55.8 Å². The van der Waals surface area contributed by atoms with Crippen molar-refractivity contribution in [3.05, 3.63) is 74.3 Å². The molecule has 26 heavy (non-hydrogen) atoms. The first-order valence-electron chi connectivity index (χ1n) is 7.86. The summed E-state index contributed by atoms with van der Waals surface area (Å²) >= 11 is 12.3. The van der Waals surface area contributed by atoms with Gasteiger partial charge in [0.25, 0.3) is 0 Å². The van der Waals surface area contributed by atoms with Crippen molar-refractivity contribution < 1.29 is 4.42 Å². The average Bonchev–Trinajstić information content (AvgIpc) is 2.97. The van der Waals surface area contributed by atoms with Crippen molar-refractivity contribution in [2.75, 3.05) is 0 Å². The number of fused-ring (bicyclic) bond motifs is 1. The summed E-state index contributed by atoms with van der Waals surface area (Å²) in [4.78, 5) is 21.4. The summed E-state index contributed by atoms with van der Waals surface area (Å²) in [6, 6.07) is 10.5. The summed E-state index contributed by atoms with van der Waals surface area (Å²) < 4.78 is 7.30. The first-order valence-corrected chi connectivity index (χ1v) is 8.62. The molecule has 0 aliphatic heterocycles. The largest absolute Gasteiger partial charge is 0.401 e. The van der Waals surface area contributed by atoms with Crippen LogP contribution in [-0.4, -0.2) is 14.5 Å². The summed E-state index contributed by atoms with van der Waals surface area (Å²) in [7, 11) is 0. The maximum absolute atomic E-state index is 12.5. The van der Waals surface area contributed by atoms with E-state index in [1.807, 2.05) is 30.5 Å². The van der Waals surface area contributed by atoms with Crippen LogP contribution in [0.1, 0.15) is 11.3 Å². The third-order valence-electron chi connectivity index (χ3n) is 4.13. The van der Waals surface area contributed by atoms with Crippen molar-refractivity contribution in [2.24, 2.45) is 0 Å². The molecule has 0 bridgehead atoms. The molecule has 0 unspecified atom stereocenters. The van der Waals surface area contributed by atoms with E-state index in [4.69, 9.17) is 27.6 Å². The van der Waals surface area contributed by atoms with E-state index in [2.05, 4.69) is 9.97 Å². The van der Waals surface area contributed by atoms with Gasteiger partial charge in [0.05, 0.1) is 15.9 Å². The molecule has 0 spiro atoms. The van der Waals surface area contributed by atoms with Crippen molar-refractivity contribution in [1.29, 1.82) is 0 Å². The highest BCUT2D eigenvalue weighted by Gasteiger charge is 2.18. The molecule has 0 saturated heterocycles. The van der Waals surface area contributed by atoms with Gasteiger partial charge in [0.1, 0.15) is 5.69 Å². The lowest BCUT2D eigenvalue weighted by atomic mass is 10.1. The summed E-state index contributed by atoms with van der Waals surface area (Å²) in [6.07, 6.45) is 1.65. The van der Waals surface area contributed by atoms with Gasteiger partial charge in [-0.3, -0.25) is 4.57 Å². The van der Waals surface area contributed by atoms with Crippen LogP contribution in [0.25, 0.3) is 28.3 Å². The lowest BCUT2D eigenvalue weighted by Crippen LogP contribution is -2.08. The van der Waals surface area contributed by atoms with Gasteiger partial charge in [0.2, 0.25) is 5.89 Å². The smallest absolute Gasteiger partial charge is 0.347 e. The highest BCUT2D eigenvalue weighted by atomic mass is 35.5. The van der Waals surface area contributed by atoms with Crippen molar-refractivity contribution in [1.82, 2.24) is 14.5 Å². The van der Waals surface area contributed by atoms with E-state index >= 15 is 0 Å². The summed E-state index contributed by atoms with van der Waals surface area (Å²) in [5.41, 5.74) is 2.34. The standard InChI is InChI=1S/C19H13Cl2N3O2/c1-10-8-12(20)9-13-16(10)23-18(26-19(13)25)15-6-5-11(2)24(15)17-14(21)4-3-7-22-17/h3-9H,1-2H3. The number of hydrogen-bond donors (Lipinski definition) is 0. The predicted octanol–water partition coefficient (Wildman–Crippen LogP) is 4.96. The minimum atomic E-state index is -0.492. The van der Waals surface area contributed by atoms with Gasteiger partial charge in [0.15, 0.2) is 5.82 Å². The predicted molar refractivity (Wildman–Crippen MR) is 102 cm³/mol. The average molecular weight is 386 g/mol. The van der Waals surface area contributed by atoms with E-state index in [1.165, 1.54) is 0 Å². The van der Waals surface area contributed by atoms with Crippen LogP contribution in [0, 0.1) is 13.8 Å². The second kappa shape index (κ2) is 6.27. The van der Waals surface area contributed by atoms with E-state index in [9.17, 15) is 4.79 Å². The Morgan fingerprint density at radius 3 is 2.69 bits per heavy atom. The Morgan fingerprint density at radius 1 is 1.12 bits per heavy atom. The Morgan fingerprint density at radius 2 is 1.92 bits per heavy atom. The molecule has 0 fully saturated rings. The van der Waals surface area contributed by atoms with Gasteiger partial charge >= 0.3 is 5.63 Å². The molecule has 4 rings (SSSR count). The van der Waals surface area contributed by atoms with Gasteiger partial charge in [-0.1, -0.05) is 23.2 Å². The van der Waals surface area contributed by atoms with Crippen LogP contribution in [0.4, 0.5) is 0 Å². The molecule has 0 amide bonds. The number of nitrogens with zero attached hydrogens (tertiary/aromatic N) is 3. The Balaban J connectivity index is 2.01. The molecule has 3 aromatic heterocycles. The molecule has 0 N–H and O–H groups in total. The first kappa shape index (κ1) is 16.8. The Hall–Kier alpha value is -2.63. The van der Waals surface area contributed by atoms with E-state index in [1.54, 1.807) is 30.5 Å². The summed E-state index contributed by atoms with van der Waals surface area (Å²) in [5, 5.41) is 1.31. The highest BCUT2D eigenvalue weighted by Crippen LogP contribution is 2.29. The van der Waals surface area contributed by atoms with Crippen LogP contribution >= 0.6 is 23.2 Å². The number of hydrogen-bond acceptors (Lipinski definition) is 4. The van der Waals surface area contributed by atoms with Crippen LogP contribution < -0.4 is 5.63 Å². The van der Waals surface area contributed by atoms with E-state index in [0.29, 0.717) is 32.5 Å². The number of halogens is 2. The van der Waals surface area contributed by atoms with E-state index in [0.717, 1.165) is 11.3 Å². The molecular weight excluding hydrogens is 373 g/mol. The molecule has 0 radical (unpaired) electrons. The molecule has 3 heterocycles. The first-order chi connectivity index (χ1) is 12.5. The molecule has 7 heteroatoms. The maximum Gasteiger partial charge on any atom is 0.347 e. The van der Waals surface area contributed by atoms with E-state index in [-0.39, 0.29) is 5.89 Å². The minimum absolute atomic E-state index is 0.197. The summed E-state index contributed by atoms with van der Waals surface area (Å²) in [6.45, 7) is 3.77. The molecule has 4 aromatic rings. The fourth-order valence-electron chi connectivity index (χ4n) is 2.94. The van der Waals surface area contributed by atoms with Crippen molar-refractivity contribution >= 4 is 34.1 Å². The van der Waals surface area contributed by atoms with Gasteiger partial charge < -0.3 is 4.42 Å². The molecule has 1 aromatic carbocycles. The topological polar surface area (TPSA) is 60.9 Å². The quantitative estimate of drug-likeness (QED) is 0.488. The van der Waals surface area contributed by atoms with Crippen LogP contribution in [0.15, 0.2) is 51.8 Å². The molecule has 0 atom stereocenters. The minimum Gasteiger partial charge on any atom is -0.401 e. The maximum atomic E-state index is 12.5. The van der Waals surface area contributed by atoms with Crippen molar-refractivity contribution in [3.63, 3.8) is 0 Å². The van der Waals surface area contributed by atoms with Crippen molar-refractivity contribution in [3.8, 4) is 17.4 Å². The number of rotatable bonds is 2. The zero-order valence-electron chi connectivity index (χ0n) is 14.0. The number of benzene rings is 1. The van der Waals surface area contributed by atoms with Crippen LogP contribution in [0.2, 0.25) is 10.0 Å². The molecule has 0 aliphatic carbocycles. The second-order valence-corrected chi connectivity index (χ2v) is 6.77. The van der Waals surface area contributed by atoms with Crippen LogP contribution in [-0.2, 0) is 0 Å². The van der Waals surface area contributed by atoms with E-state index < -0.39 is 5.63 Å². The Bertz CT molecular complexity index is 1210.